The topological polar surface area (TPSA) is 190 Å². The standard InChI is InChI=1S/C26H34N8O6.C2H6/c27-22-18-23(34(13-29-18)25-20(36)19(35)21(40-25)24(37)30-15-4-5-15)32-17(31-22)3-1-2-14-7-10-33(11-8-14)26(38)39-16-6-9-28-12-16;1-2/h13-16,19-21,25,28,35-36H,2,4-12H2,(H,30,37)(H2,27,31,32);1-2H3/t16?,19-,20?,21+,25-;/m1./s1. The fourth-order valence-corrected chi connectivity index (χ4v) is 5.34. The number of nitrogens with two attached hydrogens (primary N) is 1. The number of nitrogens with zero attached hydrogens (tertiary/aromatic N) is 5. The number of piperidine rings is 1. The van der Waals surface area contributed by atoms with Crippen molar-refractivity contribution in [1.82, 2.24) is 35.1 Å². The summed E-state index contributed by atoms with van der Waals surface area (Å²) in [6.45, 7) is 6.86. The van der Waals surface area contributed by atoms with Crippen molar-refractivity contribution in [3.63, 3.8) is 0 Å². The molecule has 6 N–H and O–H groups in total. The van der Waals surface area contributed by atoms with Gasteiger partial charge in [0.05, 0.1) is 6.33 Å². The molecule has 3 aliphatic heterocycles. The van der Waals surface area contributed by atoms with Crippen molar-refractivity contribution in [2.24, 2.45) is 5.92 Å². The first-order chi connectivity index (χ1) is 20.4. The van der Waals surface area contributed by atoms with Crippen LogP contribution in [0.25, 0.3) is 11.2 Å². The number of rotatable bonds is 5. The third kappa shape index (κ3) is 6.59. The van der Waals surface area contributed by atoms with Crippen LogP contribution in [0.15, 0.2) is 6.33 Å². The lowest BCUT2D eigenvalue weighted by atomic mass is 9.94. The van der Waals surface area contributed by atoms with Crippen molar-refractivity contribution in [3.05, 3.63) is 12.2 Å². The predicted octanol–water partition coefficient (Wildman–Crippen LogP) is 0.285. The van der Waals surface area contributed by atoms with E-state index >= 15 is 0 Å². The van der Waals surface area contributed by atoms with Gasteiger partial charge in [-0.05, 0) is 50.5 Å². The monoisotopic (exact) mass is 584 g/mol. The van der Waals surface area contributed by atoms with Crippen LogP contribution in [0, 0.1) is 17.8 Å². The van der Waals surface area contributed by atoms with Crippen molar-refractivity contribution >= 4 is 29.0 Å². The second kappa shape index (κ2) is 13.2. The summed E-state index contributed by atoms with van der Waals surface area (Å²) in [4.78, 5) is 39.6. The van der Waals surface area contributed by atoms with Crippen LogP contribution in [-0.2, 0) is 14.3 Å². The van der Waals surface area contributed by atoms with E-state index in [2.05, 4.69) is 37.4 Å². The van der Waals surface area contributed by atoms with Gasteiger partial charge in [-0.3, -0.25) is 9.36 Å². The molecular weight excluding hydrogens is 544 g/mol. The largest absolute Gasteiger partial charge is 0.445 e. The van der Waals surface area contributed by atoms with Gasteiger partial charge in [-0.1, -0.05) is 19.8 Å². The van der Waals surface area contributed by atoms with E-state index < -0.39 is 30.4 Å². The molecule has 42 heavy (non-hydrogen) atoms. The molecule has 1 saturated carbocycles. The molecule has 5 heterocycles. The molecule has 228 valence electrons. The van der Waals surface area contributed by atoms with Gasteiger partial charge in [0.15, 0.2) is 23.8 Å². The molecule has 0 spiro atoms. The van der Waals surface area contributed by atoms with Gasteiger partial charge in [-0.2, -0.15) is 0 Å². The zero-order chi connectivity index (χ0) is 29.8. The van der Waals surface area contributed by atoms with Crippen molar-refractivity contribution in [2.75, 3.05) is 31.9 Å². The summed E-state index contributed by atoms with van der Waals surface area (Å²) >= 11 is 0. The molecule has 2 aromatic heterocycles. The summed E-state index contributed by atoms with van der Waals surface area (Å²) < 4.78 is 12.8. The number of ether oxygens (including phenoxy) is 2. The fraction of sp³-hybridized carbons (Fsp3) is 0.679. The molecule has 14 heteroatoms. The van der Waals surface area contributed by atoms with Gasteiger partial charge in [0, 0.05) is 32.1 Å². The molecular formula is C28H40N8O6. The second-order valence-electron chi connectivity index (χ2n) is 10.9. The van der Waals surface area contributed by atoms with Crippen LogP contribution in [0.5, 0.6) is 0 Å². The highest BCUT2D eigenvalue weighted by Crippen LogP contribution is 2.33. The zero-order valence-corrected chi connectivity index (χ0v) is 24.0. The summed E-state index contributed by atoms with van der Waals surface area (Å²) in [5, 5.41) is 27.1. The Morgan fingerprint density at radius 2 is 1.93 bits per heavy atom. The summed E-state index contributed by atoms with van der Waals surface area (Å²) in [6.07, 6.45) is 0.904. The molecule has 2 unspecified atom stereocenters. The lowest BCUT2D eigenvalue weighted by Gasteiger charge is -2.31. The number of aliphatic hydroxyl groups excluding tert-OH is 2. The first-order valence-corrected chi connectivity index (χ1v) is 14.8. The molecule has 4 fully saturated rings. The Labute approximate surface area is 244 Å². The van der Waals surface area contributed by atoms with E-state index in [-0.39, 0.29) is 35.5 Å². The van der Waals surface area contributed by atoms with Gasteiger partial charge in [0.1, 0.15) is 23.8 Å². The van der Waals surface area contributed by atoms with E-state index in [9.17, 15) is 19.8 Å². The van der Waals surface area contributed by atoms with E-state index in [1.165, 1.54) is 10.9 Å². The highest BCUT2D eigenvalue weighted by atomic mass is 16.6. The number of nitrogen functional groups attached to an aromatic ring is 1. The summed E-state index contributed by atoms with van der Waals surface area (Å²) in [6, 6.07) is 0.0886. The normalized spacial score (nSPS) is 27.6. The molecule has 2 aromatic rings. The summed E-state index contributed by atoms with van der Waals surface area (Å²) in [5.41, 5.74) is 6.70. The molecule has 14 nitrogen and oxygen atoms in total. The van der Waals surface area contributed by atoms with E-state index in [1.54, 1.807) is 4.90 Å². The molecule has 5 atom stereocenters. The number of hydrogen-bond acceptors (Lipinski definition) is 11. The predicted molar refractivity (Wildman–Crippen MR) is 152 cm³/mol. The highest BCUT2D eigenvalue weighted by molar-refractivity contribution is 5.83. The molecule has 1 aliphatic carbocycles. The van der Waals surface area contributed by atoms with E-state index in [0.29, 0.717) is 37.5 Å². The van der Waals surface area contributed by atoms with Gasteiger partial charge < -0.3 is 41.0 Å². The minimum atomic E-state index is -1.41. The second-order valence-corrected chi connectivity index (χ2v) is 10.9. The molecule has 0 aromatic carbocycles. The highest BCUT2D eigenvalue weighted by Gasteiger charge is 2.48. The summed E-state index contributed by atoms with van der Waals surface area (Å²) in [7, 11) is 0. The number of aliphatic hydroxyl groups is 2. The van der Waals surface area contributed by atoms with Crippen molar-refractivity contribution in [3.8, 4) is 11.8 Å². The fourth-order valence-electron chi connectivity index (χ4n) is 5.34. The number of likely N-dealkylation sites (tertiary alicyclic amines) is 1. The van der Waals surface area contributed by atoms with E-state index in [1.807, 2.05) is 13.8 Å². The Morgan fingerprint density at radius 1 is 1.17 bits per heavy atom. The minimum absolute atomic E-state index is 0.0426. The number of nitrogens with one attached hydrogen (secondary N) is 2. The molecule has 0 bridgehead atoms. The van der Waals surface area contributed by atoms with Crippen LogP contribution < -0.4 is 16.4 Å². The maximum atomic E-state index is 12.5. The van der Waals surface area contributed by atoms with Crippen molar-refractivity contribution < 1.29 is 29.3 Å². The van der Waals surface area contributed by atoms with Gasteiger partial charge in [-0.25, -0.2) is 19.7 Å². The Kier molecular flexibility index (Phi) is 9.42. The van der Waals surface area contributed by atoms with Crippen LogP contribution in [0.2, 0.25) is 0 Å². The van der Waals surface area contributed by atoms with Crippen molar-refractivity contribution in [2.45, 2.75) is 89.1 Å². The van der Waals surface area contributed by atoms with E-state index in [4.69, 9.17) is 15.2 Å². The number of aromatic nitrogens is 4. The Balaban J connectivity index is 0.00000173. The maximum Gasteiger partial charge on any atom is 0.410 e. The number of carbonyl (C=O) groups is 2. The molecule has 3 saturated heterocycles. The number of hydrogen-bond donors (Lipinski definition) is 5. The molecule has 6 rings (SSSR count). The number of carbonyl (C=O) groups excluding carboxylic acids is 2. The van der Waals surface area contributed by atoms with Gasteiger partial charge >= 0.3 is 6.09 Å². The van der Waals surface area contributed by atoms with Crippen LogP contribution in [0.3, 0.4) is 0 Å². The average molecular weight is 585 g/mol. The van der Waals surface area contributed by atoms with Crippen LogP contribution in [0.4, 0.5) is 10.6 Å². The number of fused-ring (bicyclic) bond motifs is 1. The van der Waals surface area contributed by atoms with Crippen LogP contribution >= 0.6 is 0 Å². The Hall–Kier alpha value is -3.51. The first-order valence-electron chi connectivity index (χ1n) is 14.8. The van der Waals surface area contributed by atoms with Crippen molar-refractivity contribution in [1.29, 1.82) is 0 Å². The average Bonchev–Trinajstić information content (AvgIpc) is 3.34. The molecule has 4 aliphatic rings. The smallest absolute Gasteiger partial charge is 0.410 e. The van der Waals surface area contributed by atoms with Crippen LogP contribution in [0.1, 0.15) is 64.4 Å². The molecule has 2 amide bonds. The van der Waals surface area contributed by atoms with Gasteiger partial charge in [0.25, 0.3) is 5.91 Å². The molecule has 0 radical (unpaired) electrons. The third-order valence-electron chi connectivity index (χ3n) is 7.89. The van der Waals surface area contributed by atoms with Gasteiger partial charge in [0.2, 0.25) is 5.82 Å². The lowest BCUT2D eigenvalue weighted by Crippen LogP contribution is -2.43. The summed E-state index contributed by atoms with van der Waals surface area (Å²) in [5.74, 6) is 6.28. The Bertz CT molecular complexity index is 1320. The number of imidazole rings is 1. The quantitative estimate of drug-likeness (QED) is 0.304. The first kappa shape index (κ1) is 30.0. The third-order valence-corrected chi connectivity index (χ3v) is 7.89. The number of anilines is 1. The number of amides is 2. The van der Waals surface area contributed by atoms with E-state index in [0.717, 1.165) is 38.6 Å². The van der Waals surface area contributed by atoms with Crippen LogP contribution in [-0.4, -0.2) is 103 Å². The SMILES string of the molecule is CC.Nc1nc(C#CCC2CCN(C(=O)OC3CCNC3)CC2)nc2c1ncn2[C@@H]1O[C@H](C(=O)NC2CC2)[C@H](O)C1O. The zero-order valence-electron chi connectivity index (χ0n) is 24.0. The Morgan fingerprint density at radius 3 is 2.62 bits per heavy atom. The lowest BCUT2D eigenvalue weighted by molar-refractivity contribution is -0.137. The minimum Gasteiger partial charge on any atom is -0.445 e. The van der Waals surface area contributed by atoms with Gasteiger partial charge in [-0.15, -0.1) is 0 Å². The maximum absolute atomic E-state index is 12.5.